The molecule has 0 radical (unpaired) electrons. The number of nitrogens with one attached hydrogen (secondary N) is 1. The summed E-state index contributed by atoms with van der Waals surface area (Å²) in [6, 6.07) is 10.7. The van der Waals surface area contributed by atoms with E-state index in [1.807, 2.05) is 0 Å². The zero-order valence-corrected chi connectivity index (χ0v) is 13.2. The van der Waals surface area contributed by atoms with Gasteiger partial charge in [0, 0.05) is 6.42 Å². The van der Waals surface area contributed by atoms with Crippen molar-refractivity contribution in [2.24, 2.45) is 5.84 Å². The van der Waals surface area contributed by atoms with E-state index in [2.05, 4.69) is 35.8 Å². The first-order chi connectivity index (χ1) is 10.3. The van der Waals surface area contributed by atoms with E-state index in [0.717, 1.165) is 12.8 Å². The van der Waals surface area contributed by atoms with Crippen LogP contribution in [0.1, 0.15) is 69.8 Å². The summed E-state index contributed by atoms with van der Waals surface area (Å²) in [6.45, 7) is 0. The van der Waals surface area contributed by atoms with Gasteiger partial charge < -0.3 is 0 Å². The van der Waals surface area contributed by atoms with E-state index in [9.17, 15) is 4.79 Å². The van der Waals surface area contributed by atoms with Crippen LogP contribution in [0.25, 0.3) is 0 Å². The van der Waals surface area contributed by atoms with Gasteiger partial charge in [0.2, 0.25) is 5.91 Å². The second kappa shape index (κ2) is 12.4. The highest BCUT2D eigenvalue weighted by molar-refractivity contribution is 5.74. The van der Waals surface area contributed by atoms with Crippen molar-refractivity contribution >= 4 is 5.91 Å². The summed E-state index contributed by atoms with van der Waals surface area (Å²) in [5.41, 5.74) is 3.63. The van der Waals surface area contributed by atoms with Crippen LogP contribution >= 0.6 is 0 Å². The zero-order chi connectivity index (χ0) is 15.2. The number of nitrogens with two attached hydrogens (primary N) is 1. The molecule has 1 amide bonds. The Balaban J connectivity index is 1.80. The standard InChI is InChI=1S/C18H30N2O/c19-20-18(21)16-12-7-5-3-1-2-4-6-9-13-17-14-10-8-11-15-17/h8,10-11,14-15H,1-7,9,12-13,16,19H2,(H,20,21). The quantitative estimate of drug-likeness (QED) is 0.263. The lowest BCUT2D eigenvalue weighted by molar-refractivity contribution is -0.121. The molecule has 0 heterocycles. The van der Waals surface area contributed by atoms with Crippen LogP contribution in [0.15, 0.2) is 30.3 Å². The molecular formula is C18H30N2O. The lowest BCUT2D eigenvalue weighted by Gasteiger charge is -2.03. The van der Waals surface area contributed by atoms with Gasteiger partial charge in [-0.3, -0.25) is 10.2 Å². The van der Waals surface area contributed by atoms with Crippen molar-refractivity contribution in [1.82, 2.24) is 5.43 Å². The number of unbranched alkanes of at least 4 members (excludes halogenated alkanes) is 8. The number of carbonyl (C=O) groups is 1. The highest BCUT2D eigenvalue weighted by Crippen LogP contribution is 2.12. The molecule has 0 aliphatic carbocycles. The van der Waals surface area contributed by atoms with Gasteiger partial charge in [0.25, 0.3) is 0 Å². The Morgan fingerprint density at radius 1 is 0.810 bits per heavy atom. The first-order valence-electron chi connectivity index (χ1n) is 8.36. The van der Waals surface area contributed by atoms with Gasteiger partial charge in [0.1, 0.15) is 0 Å². The third kappa shape index (κ3) is 10.1. The van der Waals surface area contributed by atoms with Gasteiger partial charge in [0.05, 0.1) is 0 Å². The first kappa shape index (κ1) is 17.7. The van der Waals surface area contributed by atoms with Crippen molar-refractivity contribution in [2.75, 3.05) is 0 Å². The Bertz CT molecular complexity index is 365. The molecular weight excluding hydrogens is 260 g/mol. The van der Waals surface area contributed by atoms with Crippen LogP contribution in [-0.4, -0.2) is 5.91 Å². The molecule has 3 nitrogen and oxygen atoms in total. The molecule has 0 aliphatic heterocycles. The van der Waals surface area contributed by atoms with Crippen molar-refractivity contribution in [3.05, 3.63) is 35.9 Å². The predicted molar refractivity (Wildman–Crippen MR) is 88.6 cm³/mol. The number of hydrazine groups is 1. The smallest absolute Gasteiger partial charge is 0.233 e. The fraction of sp³-hybridized carbons (Fsp3) is 0.611. The molecule has 0 aliphatic rings. The van der Waals surface area contributed by atoms with E-state index in [4.69, 9.17) is 5.84 Å². The van der Waals surface area contributed by atoms with Crippen LogP contribution in [0, 0.1) is 0 Å². The van der Waals surface area contributed by atoms with Crippen LogP contribution in [-0.2, 0) is 11.2 Å². The molecule has 0 aromatic heterocycles. The number of carbonyl (C=O) groups excluding carboxylic acids is 1. The number of benzene rings is 1. The van der Waals surface area contributed by atoms with Gasteiger partial charge in [-0.25, -0.2) is 5.84 Å². The highest BCUT2D eigenvalue weighted by atomic mass is 16.2. The van der Waals surface area contributed by atoms with Crippen LogP contribution in [0.2, 0.25) is 0 Å². The molecule has 1 aromatic rings. The minimum atomic E-state index is -0.0478. The van der Waals surface area contributed by atoms with E-state index in [1.165, 1.54) is 56.9 Å². The Morgan fingerprint density at radius 2 is 1.33 bits per heavy atom. The summed E-state index contributed by atoms with van der Waals surface area (Å²) in [6.07, 6.45) is 13.1. The summed E-state index contributed by atoms with van der Waals surface area (Å²) in [5, 5.41) is 0. The number of amides is 1. The third-order valence-corrected chi connectivity index (χ3v) is 3.87. The minimum Gasteiger partial charge on any atom is -0.294 e. The maximum Gasteiger partial charge on any atom is 0.233 e. The molecule has 3 heteroatoms. The molecule has 0 bridgehead atoms. The maximum atomic E-state index is 10.9. The summed E-state index contributed by atoms with van der Waals surface area (Å²) in [5.74, 6) is 4.98. The lowest BCUT2D eigenvalue weighted by atomic mass is 10.0. The van der Waals surface area contributed by atoms with E-state index < -0.39 is 0 Å². The van der Waals surface area contributed by atoms with E-state index in [0.29, 0.717) is 6.42 Å². The lowest BCUT2D eigenvalue weighted by Crippen LogP contribution is -2.29. The van der Waals surface area contributed by atoms with Gasteiger partial charge in [0.15, 0.2) is 0 Å². The van der Waals surface area contributed by atoms with Gasteiger partial charge in [-0.2, -0.15) is 0 Å². The summed E-state index contributed by atoms with van der Waals surface area (Å²) >= 11 is 0. The second-order valence-electron chi connectivity index (χ2n) is 5.74. The molecule has 118 valence electrons. The molecule has 0 spiro atoms. The molecule has 0 atom stereocenters. The van der Waals surface area contributed by atoms with Crippen molar-refractivity contribution in [3.63, 3.8) is 0 Å². The molecule has 1 rings (SSSR count). The minimum absolute atomic E-state index is 0.0478. The van der Waals surface area contributed by atoms with Crippen LogP contribution in [0.5, 0.6) is 0 Å². The van der Waals surface area contributed by atoms with Crippen LogP contribution in [0.4, 0.5) is 0 Å². The molecule has 21 heavy (non-hydrogen) atoms. The summed E-state index contributed by atoms with van der Waals surface area (Å²) in [7, 11) is 0. The van der Waals surface area contributed by atoms with Crippen molar-refractivity contribution < 1.29 is 4.79 Å². The second-order valence-corrected chi connectivity index (χ2v) is 5.74. The highest BCUT2D eigenvalue weighted by Gasteiger charge is 1.98. The zero-order valence-electron chi connectivity index (χ0n) is 13.2. The molecule has 0 fully saturated rings. The van der Waals surface area contributed by atoms with Crippen molar-refractivity contribution in [1.29, 1.82) is 0 Å². The van der Waals surface area contributed by atoms with E-state index >= 15 is 0 Å². The largest absolute Gasteiger partial charge is 0.294 e. The molecule has 0 saturated carbocycles. The SMILES string of the molecule is NNC(=O)CCCCCCCCCCCc1ccccc1. The Kier molecular flexibility index (Phi) is 10.4. The third-order valence-electron chi connectivity index (χ3n) is 3.87. The topological polar surface area (TPSA) is 55.1 Å². The van der Waals surface area contributed by atoms with E-state index in [1.54, 1.807) is 0 Å². The number of hydrogen-bond acceptors (Lipinski definition) is 2. The first-order valence-corrected chi connectivity index (χ1v) is 8.36. The van der Waals surface area contributed by atoms with E-state index in [-0.39, 0.29) is 5.91 Å². The van der Waals surface area contributed by atoms with Crippen molar-refractivity contribution in [3.8, 4) is 0 Å². The number of aryl methyl sites for hydroxylation is 1. The normalized spacial score (nSPS) is 10.5. The Hall–Kier alpha value is -1.35. The fourth-order valence-electron chi connectivity index (χ4n) is 2.57. The van der Waals surface area contributed by atoms with Gasteiger partial charge in [-0.05, 0) is 24.8 Å². The average molecular weight is 290 g/mol. The van der Waals surface area contributed by atoms with Crippen LogP contribution < -0.4 is 11.3 Å². The molecule has 1 aromatic carbocycles. The van der Waals surface area contributed by atoms with Gasteiger partial charge >= 0.3 is 0 Å². The predicted octanol–water partition coefficient (Wildman–Crippen LogP) is 4.12. The Morgan fingerprint density at radius 3 is 1.90 bits per heavy atom. The molecule has 3 N–H and O–H groups in total. The number of rotatable bonds is 12. The monoisotopic (exact) mass is 290 g/mol. The summed E-state index contributed by atoms with van der Waals surface area (Å²) in [4.78, 5) is 10.9. The number of hydrogen-bond donors (Lipinski definition) is 2. The van der Waals surface area contributed by atoms with Crippen molar-refractivity contribution in [2.45, 2.75) is 70.6 Å². The average Bonchev–Trinajstić information content (AvgIpc) is 2.53. The molecule has 0 unspecified atom stereocenters. The molecule has 0 saturated heterocycles. The fourth-order valence-corrected chi connectivity index (χ4v) is 2.57. The van der Waals surface area contributed by atoms with Gasteiger partial charge in [-0.1, -0.05) is 75.3 Å². The summed E-state index contributed by atoms with van der Waals surface area (Å²) < 4.78 is 0. The maximum absolute atomic E-state index is 10.9. The van der Waals surface area contributed by atoms with Crippen LogP contribution in [0.3, 0.4) is 0 Å². The Labute approximate surface area is 129 Å². The van der Waals surface area contributed by atoms with Gasteiger partial charge in [-0.15, -0.1) is 0 Å².